The Balaban J connectivity index is 2.22. The van der Waals surface area contributed by atoms with Gasteiger partial charge in [-0.2, -0.15) is 5.26 Å². The molecule has 0 fully saturated rings. The van der Waals surface area contributed by atoms with Gasteiger partial charge in [-0.25, -0.2) is 0 Å². The maximum atomic E-state index is 12.4. The zero-order valence-electron chi connectivity index (χ0n) is 13.3. The van der Waals surface area contributed by atoms with Crippen molar-refractivity contribution in [3.63, 3.8) is 0 Å². The largest absolute Gasteiger partial charge is 0.347 e. The van der Waals surface area contributed by atoms with E-state index in [-0.39, 0.29) is 5.57 Å². The third-order valence-corrected chi connectivity index (χ3v) is 3.47. The minimum atomic E-state index is -0.406. The van der Waals surface area contributed by atoms with Crippen LogP contribution in [0.2, 0.25) is 0 Å². The molecule has 0 atom stereocenters. The van der Waals surface area contributed by atoms with E-state index in [1.54, 1.807) is 6.20 Å². The molecule has 0 aliphatic heterocycles. The molecule has 2 aromatic rings. The van der Waals surface area contributed by atoms with Gasteiger partial charge in [0, 0.05) is 24.1 Å². The minimum Gasteiger partial charge on any atom is -0.347 e. The van der Waals surface area contributed by atoms with E-state index in [0.717, 1.165) is 11.3 Å². The highest BCUT2D eigenvalue weighted by molar-refractivity contribution is 6.07. The number of para-hydroxylation sites is 2. The Kier molecular flexibility index (Phi) is 5.54. The number of hydrogen-bond donors (Lipinski definition) is 1. The minimum absolute atomic E-state index is 0.0685. The molecule has 23 heavy (non-hydrogen) atoms. The number of hydrogen-bond acceptors (Lipinski definition) is 3. The molecule has 2 aromatic carbocycles. The lowest BCUT2D eigenvalue weighted by Gasteiger charge is -2.19. The second-order valence-corrected chi connectivity index (χ2v) is 5.05. The molecule has 0 bridgehead atoms. The van der Waals surface area contributed by atoms with Crippen LogP contribution in [0.4, 0.5) is 11.4 Å². The van der Waals surface area contributed by atoms with Gasteiger partial charge in [-0.1, -0.05) is 36.4 Å². The summed E-state index contributed by atoms with van der Waals surface area (Å²) in [5, 5.41) is 12.1. The molecule has 0 saturated carbocycles. The van der Waals surface area contributed by atoms with Crippen LogP contribution in [0, 0.1) is 18.3 Å². The molecule has 0 saturated heterocycles. The summed E-state index contributed by atoms with van der Waals surface area (Å²) in [6.07, 6.45) is 1.59. The first-order valence-corrected chi connectivity index (χ1v) is 7.46. The lowest BCUT2D eigenvalue weighted by Crippen LogP contribution is -2.20. The van der Waals surface area contributed by atoms with E-state index in [2.05, 4.69) is 5.32 Å². The topological polar surface area (TPSA) is 56.1 Å². The van der Waals surface area contributed by atoms with Crippen molar-refractivity contribution < 1.29 is 4.79 Å². The first-order valence-electron chi connectivity index (χ1n) is 7.46. The van der Waals surface area contributed by atoms with E-state index in [1.807, 2.05) is 79.4 Å². The normalized spacial score (nSPS) is 10.7. The molecule has 0 spiro atoms. The van der Waals surface area contributed by atoms with Crippen molar-refractivity contribution in [3.05, 3.63) is 71.9 Å². The first kappa shape index (κ1) is 16.3. The quantitative estimate of drug-likeness (QED) is 0.674. The highest BCUT2D eigenvalue weighted by atomic mass is 16.1. The fraction of sp³-hybridized carbons (Fsp3) is 0.158. The molecule has 1 N–H and O–H groups in total. The molecule has 0 radical (unpaired) electrons. The van der Waals surface area contributed by atoms with Gasteiger partial charge in [-0.3, -0.25) is 4.79 Å². The predicted octanol–water partition coefficient (Wildman–Crippen LogP) is 3.87. The summed E-state index contributed by atoms with van der Waals surface area (Å²) in [5.41, 5.74) is 2.67. The van der Waals surface area contributed by atoms with Crippen LogP contribution in [0.25, 0.3) is 0 Å². The van der Waals surface area contributed by atoms with Gasteiger partial charge in [-0.05, 0) is 37.6 Å². The van der Waals surface area contributed by atoms with Gasteiger partial charge < -0.3 is 10.2 Å². The first-order chi connectivity index (χ1) is 11.2. The zero-order chi connectivity index (χ0) is 16.7. The maximum absolute atomic E-state index is 12.4. The number of rotatable bonds is 5. The Labute approximate surface area is 136 Å². The van der Waals surface area contributed by atoms with Crippen LogP contribution in [-0.4, -0.2) is 12.5 Å². The maximum Gasteiger partial charge on any atom is 0.267 e. The van der Waals surface area contributed by atoms with Crippen molar-refractivity contribution in [1.82, 2.24) is 0 Å². The average molecular weight is 305 g/mol. The fourth-order valence-corrected chi connectivity index (χ4v) is 2.16. The number of aryl methyl sites for hydroxylation is 1. The number of carbonyl (C=O) groups excluding carboxylic acids is 1. The lowest BCUT2D eigenvalue weighted by molar-refractivity contribution is -0.112. The highest BCUT2D eigenvalue weighted by Crippen LogP contribution is 2.17. The number of amides is 1. The van der Waals surface area contributed by atoms with E-state index in [4.69, 9.17) is 0 Å². The molecular formula is C19H19N3O. The van der Waals surface area contributed by atoms with Gasteiger partial charge in [0.25, 0.3) is 5.91 Å². The van der Waals surface area contributed by atoms with Gasteiger partial charge in [0.05, 0.1) is 0 Å². The summed E-state index contributed by atoms with van der Waals surface area (Å²) >= 11 is 0. The predicted molar refractivity (Wildman–Crippen MR) is 93.0 cm³/mol. The average Bonchev–Trinajstić information content (AvgIpc) is 2.58. The summed E-state index contributed by atoms with van der Waals surface area (Å²) in [6, 6.07) is 19.1. The fourth-order valence-electron chi connectivity index (χ4n) is 2.16. The van der Waals surface area contributed by atoms with E-state index in [1.165, 1.54) is 0 Å². The van der Waals surface area contributed by atoms with Crippen molar-refractivity contribution in [2.24, 2.45) is 0 Å². The van der Waals surface area contributed by atoms with E-state index in [0.29, 0.717) is 12.2 Å². The van der Waals surface area contributed by atoms with Crippen LogP contribution >= 0.6 is 0 Å². The van der Waals surface area contributed by atoms with Crippen LogP contribution in [0.15, 0.2) is 66.4 Å². The van der Waals surface area contributed by atoms with Crippen LogP contribution in [0.5, 0.6) is 0 Å². The molecule has 0 unspecified atom stereocenters. The van der Waals surface area contributed by atoms with Crippen molar-refractivity contribution in [1.29, 1.82) is 5.26 Å². The monoisotopic (exact) mass is 305 g/mol. The van der Waals surface area contributed by atoms with Gasteiger partial charge in [0.1, 0.15) is 11.6 Å². The summed E-state index contributed by atoms with van der Waals surface area (Å²) in [6.45, 7) is 4.54. The SMILES string of the molecule is CCN(/C=C(/C#N)C(=O)Nc1ccccc1C)c1ccccc1. The van der Waals surface area contributed by atoms with Crippen LogP contribution in [0.3, 0.4) is 0 Å². The second kappa shape index (κ2) is 7.81. The number of nitrogens with one attached hydrogen (secondary N) is 1. The number of nitrogens with zero attached hydrogens (tertiary/aromatic N) is 2. The van der Waals surface area contributed by atoms with Crippen molar-refractivity contribution >= 4 is 17.3 Å². The molecule has 0 aliphatic carbocycles. The van der Waals surface area contributed by atoms with Crippen molar-refractivity contribution in [3.8, 4) is 6.07 Å². The summed E-state index contributed by atoms with van der Waals surface area (Å²) in [5.74, 6) is -0.406. The summed E-state index contributed by atoms with van der Waals surface area (Å²) in [7, 11) is 0. The van der Waals surface area contributed by atoms with Crippen LogP contribution in [-0.2, 0) is 4.79 Å². The summed E-state index contributed by atoms with van der Waals surface area (Å²) < 4.78 is 0. The van der Waals surface area contributed by atoms with Crippen LogP contribution < -0.4 is 10.2 Å². The van der Waals surface area contributed by atoms with Gasteiger partial charge in [0.15, 0.2) is 0 Å². The molecule has 4 nitrogen and oxygen atoms in total. The van der Waals surface area contributed by atoms with Gasteiger partial charge >= 0.3 is 0 Å². The van der Waals surface area contributed by atoms with Crippen molar-refractivity contribution in [2.75, 3.05) is 16.8 Å². The zero-order valence-corrected chi connectivity index (χ0v) is 13.3. The number of anilines is 2. The molecular weight excluding hydrogens is 286 g/mol. The Bertz CT molecular complexity index is 745. The van der Waals surface area contributed by atoms with Crippen LogP contribution in [0.1, 0.15) is 12.5 Å². The van der Waals surface area contributed by atoms with E-state index < -0.39 is 5.91 Å². The molecule has 0 heterocycles. The molecule has 4 heteroatoms. The van der Waals surface area contributed by atoms with Gasteiger partial charge in [-0.15, -0.1) is 0 Å². The smallest absolute Gasteiger partial charge is 0.267 e. The summed E-state index contributed by atoms with van der Waals surface area (Å²) in [4.78, 5) is 14.2. The van der Waals surface area contributed by atoms with E-state index >= 15 is 0 Å². The number of benzene rings is 2. The Morgan fingerprint density at radius 3 is 2.43 bits per heavy atom. The van der Waals surface area contributed by atoms with Crippen molar-refractivity contribution in [2.45, 2.75) is 13.8 Å². The highest BCUT2D eigenvalue weighted by Gasteiger charge is 2.12. The Morgan fingerprint density at radius 1 is 1.17 bits per heavy atom. The Hall–Kier alpha value is -3.06. The van der Waals surface area contributed by atoms with Gasteiger partial charge in [0.2, 0.25) is 0 Å². The second-order valence-electron chi connectivity index (χ2n) is 5.05. The standard InChI is InChI=1S/C19H19N3O/c1-3-22(17-10-5-4-6-11-17)14-16(13-20)19(23)21-18-12-8-7-9-15(18)2/h4-12,14H,3H2,1-2H3,(H,21,23)/b16-14-. The lowest BCUT2D eigenvalue weighted by atomic mass is 10.2. The Morgan fingerprint density at radius 2 is 1.83 bits per heavy atom. The third-order valence-electron chi connectivity index (χ3n) is 3.47. The van der Waals surface area contributed by atoms with E-state index in [9.17, 15) is 10.1 Å². The number of carbonyl (C=O) groups is 1. The molecule has 0 aromatic heterocycles. The molecule has 116 valence electrons. The molecule has 1 amide bonds. The number of nitriles is 1. The molecule has 0 aliphatic rings. The molecule has 2 rings (SSSR count). The third kappa shape index (κ3) is 4.21.